The minimum Gasteiger partial charge on any atom is -0.539 e. The third-order valence-corrected chi connectivity index (χ3v) is 11.2. The number of allylic oxidation sites excluding steroid dienone is 1. The average molecular weight is 444 g/mol. The van der Waals surface area contributed by atoms with Crippen LogP contribution in [0.15, 0.2) is 36.4 Å². The van der Waals surface area contributed by atoms with Gasteiger partial charge in [0.25, 0.3) is 14.2 Å². The number of alkyl halides is 2. The van der Waals surface area contributed by atoms with E-state index in [2.05, 4.69) is 0 Å². The van der Waals surface area contributed by atoms with E-state index in [0.717, 1.165) is 5.56 Å². The van der Waals surface area contributed by atoms with E-state index in [-0.39, 0.29) is 17.2 Å². The predicted molar refractivity (Wildman–Crippen MR) is 106 cm³/mol. The highest BCUT2D eigenvalue weighted by atomic mass is 28.4. The van der Waals surface area contributed by atoms with Crippen LogP contribution in [0, 0.1) is 17.5 Å². The molecule has 0 aliphatic heterocycles. The van der Waals surface area contributed by atoms with Crippen molar-refractivity contribution in [3.63, 3.8) is 0 Å². The summed E-state index contributed by atoms with van der Waals surface area (Å²) < 4.78 is 92.2. The average Bonchev–Trinajstić information content (AvgIpc) is 2.91. The molecule has 0 atom stereocenters. The fourth-order valence-corrected chi connectivity index (χ4v) is 8.15. The first-order chi connectivity index (χ1) is 13.9. The molecule has 0 saturated carbocycles. The Labute approximate surface area is 172 Å². The molecular weight excluding hydrogens is 422 g/mol. The summed E-state index contributed by atoms with van der Waals surface area (Å²) in [7, 11) is -3.08. The van der Waals surface area contributed by atoms with Gasteiger partial charge >= 0.3 is 0 Å². The molecule has 0 spiro atoms. The molecule has 1 aliphatic rings. The zero-order valence-corrected chi connectivity index (χ0v) is 18.0. The third kappa shape index (κ3) is 3.55. The highest BCUT2D eigenvalue weighted by molar-refractivity contribution is 6.76. The molecule has 162 valence electrons. The second-order valence-corrected chi connectivity index (χ2v) is 12.9. The Kier molecular flexibility index (Phi) is 5.84. The molecule has 1 nitrogen and oxygen atoms in total. The maximum Gasteiger partial charge on any atom is 0.298 e. The van der Waals surface area contributed by atoms with E-state index in [4.69, 9.17) is 4.43 Å². The first-order valence-corrected chi connectivity index (χ1v) is 11.9. The van der Waals surface area contributed by atoms with Crippen molar-refractivity contribution in [3.8, 4) is 5.75 Å². The topological polar surface area (TPSA) is 9.23 Å². The smallest absolute Gasteiger partial charge is 0.298 e. The minimum absolute atomic E-state index is 0.172. The summed E-state index contributed by atoms with van der Waals surface area (Å²) in [5.74, 6) is -12.4. The van der Waals surface area contributed by atoms with Crippen LogP contribution in [0.5, 0.6) is 5.75 Å². The van der Waals surface area contributed by atoms with E-state index in [9.17, 15) is 22.0 Å². The summed E-state index contributed by atoms with van der Waals surface area (Å²) in [5.41, 5.74) is -2.38. The van der Waals surface area contributed by atoms with Gasteiger partial charge in [0.2, 0.25) is 5.82 Å². The number of hydrogen-bond acceptors (Lipinski definition) is 1. The fourth-order valence-electron chi connectivity index (χ4n) is 4.02. The molecular formula is C22H22F6OSi. The van der Waals surface area contributed by atoms with Crippen LogP contribution in [0.3, 0.4) is 0 Å². The maximum absolute atomic E-state index is 15.1. The molecule has 30 heavy (non-hydrogen) atoms. The Morgan fingerprint density at radius 3 is 1.97 bits per heavy atom. The molecule has 0 fully saturated rings. The van der Waals surface area contributed by atoms with Crippen LogP contribution < -0.4 is 4.43 Å². The van der Waals surface area contributed by atoms with Crippen LogP contribution in [0.2, 0.25) is 11.1 Å². The zero-order valence-electron chi connectivity index (χ0n) is 17.0. The molecule has 0 saturated heterocycles. The van der Waals surface area contributed by atoms with Gasteiger partial charge in [-0.05, 0) is 16.6 Å². The summed E-state index contributed by atoms with van der Waals surface area (Å²) in [5, 5.41) is 0. The molecule has 0 radical (unpaired) electrons. The third-order valence-electron chi connectivity index (χ3n) is 5.73. The van der Waals surface area contributed by atoms with Crippen molar-refractivity contribution in [2.75, 3.05) is 0 Å². The summed E-state index contributed by atoms with van der Waals surface area (Å²) in [6, 6.07) is 9.49. The van der Waals surface area contributed by atoms with Crippen molar-refractivity contribution in [1.29, 1.82) is 0 Å². The molecule has 0 N–H and O–H groups in total. The van der Waals surface area contributed by atoms with E-state index in [1.165, 1.54) is 0 Å². The lowest BCUT2D eigenvalue weighted by Crippen LogP contribution is -2.51. The summed E-state index contributed by atoms with van der Waals surface area (Å²) in [4.78, 5) is 0. The van der Waals surface area contributed by atoms with Gasteiger partial charge in [-0.3, -0.25) is 0 Å². The molecule has 2 aromatic carbocycles. The van der Waals surface area contributed by atoms with Gasteiger partial charge < -0.3 is 4.43 Å². The Balaban J connectivity index is 2.18. The van der Waals surface area contributed by atoms with Crippen molar-refractivity contribution in [2.24, 2.45) is 0 Å². The van der Waals surface area contributed by atoms with Gasteiger partial charge in [0, 0.05) is 12.1 Å². The molecule has 2 aromatic rings. The van der Waals surface area contributed by atoms with Gasteiger partial charge in [-0.25, -0.2) is 13.2 Å². The first kappa shape index (κ1) is 22.5. The monoisotopic (exact) mass is 444 g/mol. The van der Waals surface area contributed by atoms with Crippen LogP contribution >= 0.6 is 0 Å². The van der Waals surface area contributed by atoms with Gasteiger partial charge in [0.15, 0.2) is 17.4 Å². The molecule has 1 aliphatic carbocycles. The SMILES string of the molecule is CC(C)[Si](Cc1ccccc1)(Oc1c(F)c(F)c2c(c1F)C(F)=CC2(F)F)C(C)C. The van der Waals surface area contributed by atoms with Crippen LogP contribution in [0.25, 0.3) is 5.83 Å². The molecule has 0 amide bonds. The van der Waals surface area contributed by atoms with Crippen molar-refractivity contribution in [1.82, 2.24) is 0 Å². The van der Waals surface area contributed by atoms with Gasteiger partial charge in [-0.15, -0.1) is 0 Å². The van der Waals surface area contributed by atoms with Crippen LogP contribution in [-0.4, -0.2) is 8.32 Å². The fraction of sp³-hybridized carbons (Fsp3) is 0.364. The van der Waals surface area contributed by atoms with Crippen molar-refractivity contribution in [3.05, 3.63) is 70.5 Å². The quantitative estimate of drug-likeness (QED) is 0.255. The normalized spacial score (nSPS) is 15.5. The summed E-state index contributed by atoms with van der Waals surface area (Å²) >= 11 is 0. The van der Waals surface area contributed by atoms with Gasteiger partial charge in [-0.2, -0.15) is 13.2 Å². The number of rotatable bonds is 6. The molecule has 8 heteroatoms. The standard InChI is InChI=1S/C22H22F6OSi/c1-12(2)30(13(3)4,11-14-8-6-5-7-9-14)29-21-18(24)16-15(23)10-22(27,28)17(16)19(25)20(21)26/h5-10,12-13H,11H2,1-4H3. The van der Waals surface area contributed by atoms with Crippen LogP contribution in [-0.2, 0) is 12.0 Å². The maximum atomic E-state index is 15.1. The first-order valence-electron chi connectivity index (χ1n) is 9.62. The second-order valence-electron chi connectivity index (χ2n) is 8.17. The van der Waals surface area contributed by atoms with Crippen molar-refractivity contribution < 1.29 is 30.8 Å². The molecule has 0 heterocycles. The van der Waals surface area contributed by atoms with E-state index in [1.54, 1.807) is 0 Å². The lowest BCUT2D eigenvalue weighted by Gasteiger charge is -2.39. The van der Waals surface area contributed by atoms with E-state index in [1.807, 2.05) is 58.0 Å². The highest BCUT2D eigenvalue weighted by Gasteiger charge is 2.50. The second kappa shape index (κ2) is 7.79. The van der Waals surface area contributed by atoms with E-state index in [0.29, 0.717) is 6.04 Å². The zero-order chi connectivity index (χ0) is 22.4. The number of halogens is 6. The molecule has 0 bridgehead atoms. The largest absolute Gasteiger partial charge is 0.539 e. The summed E-state index contributed by atoms with van der Waals surface area (Å²) in [6.45, 7) is 7.35. The van der Waals surface area contributed by atoms with Crippen molar-refractivity contribution in [2.45, 2.75) is 50.7 Å². The van der Waals surface area contributed by atoms with Crippen LogP contribution in [0.4, 0.5) is 26.3 Å². The lowest BCUT2D eigenvalue weighted by molar-refractivity contribution is 0.0502. The highest BCUT2D eigenvalue weighted by Crippen LogP contribution is 2.50. The van der Waals surface area contributed by atoms with Gasteiger partial charge in [0.05, 0.1) is 11.1 Å². The number of hydrogen-bond donors (Lipinski definition) is 0. The van der Waals surface area contributed by atoms with E-state index < -0.39 is 54.4 Å². The molecule has 0 unspecified atom stereocenters. The van der Waals surface area contributed by atoms with Crippen molar-refractivity contribution >= 4 is 14.1 Å². The van der Waals surface area contributed by atoms with Gasteiger partial charge in [-0.1, -0.05) is 58.0 Å². The Hall–Kier alpha value is -2.22. The molecule has 0 aromatic heterocycles. The number of benzene rings is 2. The van der Waals surface area contributed by atoms with E-state index >= 15 is 4.39 Å². The van der Waals surface area contributed by atoms with Gasteiger partial charge in [0.1, 0.15) is 5.83 Å². The Morgan fingerprint density at radius 1 is 0.867 bits per heavy atom. The lowest BCUT2D eigenvalue weighted by atomic mass is 10.1. The Morgan fingerprint density at radius 2 is 1.43 bits per heavy atom. The predicted octanol–water partition coefficient (Wildman–Crippen LogP) is 7.45. The van der Waals surface area contributed by atoms with Crippen LogP contribution in [0.1, 0.15) is 44.4 Å². The molecule has 3 rings (SSSR count). The Bertz CT molecular complexity index is 977. The minimum atomic E-state index is -4.14. The number of fused-ring (bicyclic) bond motifs is 1. The summed E-state index contributed by atoms with van der Waals surface area (Å²) in [6.07, 6.45) is -0.216.